The minimum absolute atomic E-state index is 0.276. The Morgan fingerprint density at radius 2 is 1.04 bits per heavy atom. The van der Waals surface area contributed by atoms with Crippen molar-refractivity contribution >= 4 is 17.9 Å². The summed E-state index contributed by atoms with van der Waals surface area (Å²) in [5.74, 6) is -2.36. The van der Waals surface area contributed by atoms with Gasteiger partial charge in [-0.15, -0.1) is 0 Å². The average molecular weight is 376 g/mol. The third-order valence-electron chi connectivity index (χ3n) is 3.82. The van der Waals surface area contributed by atoms with E-state index < -0.39 is 23.9 Å². The molecule has 0 aliphatic rings. The monoisotopic (exact) mass is 376 g/mol. The zero-order valence-electron chi connectivity index (χ0n) is 15.7. The van der Waals surface area contributed by atoms with Gasteiger partial charge in [-0.3, -0.25) is 14.4 Å². The fourth-order valence-corrected chi connectivity index (χ4v) is 2.25. The van der Waals surface area contributed by atoms with Crippen LogP contribution in [-0.2, 0) is 14.4 Å². The van der Waals surface area contributed by atoms with Gasteiger partial charge in [0.05, 0.1) is 0 Å². The van der Waals surface area contributed by atoms with Crippen molar-refractivity contribution in [1.82, 2.24) is 0 Å². The highest BCUT2D eigenvalue weighted by Gasteiger charge is 2.09. The normalized spacial score (nSPS) is 11.3. The molecule has 0 fully saturated rings. The standard InChI is InChI=1S/C12H22O4.C6H14N2O2/c13-11(14)9-7-5-3-1-2-4-6-8-10-12(15)16;7-4-2-1-3-5(8)6(9)10/h1-10H2,(H,13,14)(H,15,16);5H,1-4,7-8H2,(H,9,10)/t;5-/m.0/s1. The summed E-state index contributed by atoms with van der Waals surface area (Å²) >= 11 is 0. The maximum atomic E-state index is 10.2. The van der Waals surface area contributed by atoms with Crippen molar-refractivity contribution < 1.29 is 29.7 Å². The molecular formula is C18H36N2O6. The molecule has 0 aliphatic carbocycles. The molecule has 0 saturated carbocycles. The van der Waals surface area contributed by atoms with E-state index in [0.717, 1.165) is 64.2 Å². The van der Waals surface area contributed by atoms with Gasteiger partial charge in [-0.2, -0.15) is 0 Å². The molecule has 0 spiro atoms. The van der Waals surface area contributed by atoms with Gasteiger partial charge in [0.1, 0.15) is 6.04 Å². The molecule has 8 nitrogen and oxygen atoms in total. The minimum atomic E-state index is -0.933. The summed E-state index contributed by atoms with van der Waals surface area (Å²) in [6.07, 6.45) is 10.7. The third kappa shape index (κ3) is 24.6. The van der Waals surface area contributed by atoms with Crippen molar-refractivity contribution in [2.24, 2.45) is 11.5 Å². The van der Waals surface area contributed by atoms with Gasteiger partial charge in [0.25, 0.3) is 0 Å². The van der Waals surface area contributed by atoms with Crippen molar-refractivity contribution in [1.29, 1.82) is 0 Å². The molecule has 0 aromatic heterocycles. The van der Waals surface area contributed by atoms with Gasteiger partial charge in [-0.25, -0.2) is 0 Å². The predicted molar refractivity (Wildman–Crippen MR) is 100.0 cm³/mol. The number of carboxylic acids is 3. The van der Waals surface area contributed by atoms with E-state index >= 15 is 0 Å². The first kappa shape index (κ1) is 26.6. The summed E-state index contributed by atoms with van der Waals surface area (Å²) in [4.78, 5) is 30.6. The van der Waals surface area contributed by atoms with Crippen molar-refractivity contribution in [3.63, 3.8) is 0 Å². The van der Waals surface area contributed by atoms with Crippen molar-refractivity contribution in [3.05, 3.63) is 0 Å². The van der Waals surface area contributed by atoms with E-state index in [4.69, 9.17) is 26.8 Å². The lowest BCUT2D eigenvalue weighted by Crippen LogP contribution is -2.29. The molecule has 154 valence electrons. The van der Waals surface area contributed by atoms with Gasteiger partial charge in [0, 0.05) is 12.8 Å². The lowest BCUT2D eigenvalue weighted by atomic mass is 10.1. The average Bonchev–Trinajstić information content (AvgIpc) is 2.56. The van der Waals surface area contributed by atoms with Crippen LogP contribution in [0.2, 0.25) is 0 Å². The van der Waals surface area contributed by atoms with Crippen LogP contribution in [0.15, 0.2) is 0 Å². The summed E-state index contributed by atoms with van der Waals surface area (Å²) in [5, 5.41) is 25.1. The summed E-state index contributed by atoms with van der Waals surface area (Å²) in [6, 6.07) is -0.716. The third-order valence-corrected chi connectivity index (χ3v) is 3.82. The Hall–Kier alpha value is -1.67. The topological polar surface area (TPSA) is 164 Å². The van der Waals surface area contributed by atoms with E-state index in [1.165, 1.54) is 0 Å². The molecule has 0 heterocycles. The molecule has 0 unspecified atom stereocenters. The maximum absolute atomic E-state index is 10.2. The smallest absolute Gasteiger partial charge is 0.320 e. The molecule has 0 bridgehead atoms. The summed E-state index contributed by atoms with van der Waals surface area (Å²) in [6.45, 7) is 0.604. The lowest BCUT2D eigenvalue weighted by molar-refractivity contribution is -0.139. The number of nitrogens with two attached hydrogens (primary N) is 2. The second-order valence-electron chi connectivity index (χ2n) is 6.35. The Morgan fingerprint density at radius 3 is 1.35 bits per heavy atom. The molecule has 0 saturated heterocycles. The van der Waals surface area contributed by atoms with Crippen LogP contribution in [0.25, 0.3) is 0 Å². The van der Waals surface area contributed by atoms with Crippen LogP contribution >= 0.6 is 0 Å². The van der Waals surface area contributed by atoms with Gasteiger partial charge in [-0.05, 0) is 32.2 Å². The summed E-state index contributed by atoms with van der Waals surface area (Å²) in [5.41, 5.74) is 10.4. The van der Waals surface area contributed by atoms with Crippen molar-refractivity contribution in [3.8, 4) is 0 Å². The second kappa shape index (κ2) is 19.7. The number of hydrogen-bond acceptors (Lipinski definition) is 5. The molecule has 0 radical (unpaired) electrons. The largest absolute Gasteiger partial charge is 0.481 e. The van der Waals surface area contributed by atoms with Crippen LogP contribution in [0, 0.1) is 0 Å². The second-order valence-corrected chi connectivity index (χ2v) is 6.35. The minimum Gasteiger partial charge on any atom is -0.481 e. The lowest BCUT2D eigenvalue weighted by Gasteiger charge is -2.03. The van der Waals surface area contributed by atoms with Gasteiger partial charge in [0.2, 0.25) is 0 Å². The fraction of sp³-hybridized carbons (Fsp3) is 0.833. The Labute approximate surface area is 155 Å². The number of hydrogen-bond donors (Lipinski definition) is 5. The molecule has 8 heteroatoms. The first-order valence-corrected chi connectivity index (χ1v) is 9.43. The highest BCUT2D eigenvalue weighted by molar-refractivity contribution is 5.72. The summed E-state index contributed by atoms with van der Waals surface area (Å²) < 4.78 is 0. The molecule has 0 amide bonds. The number of carbonyl (C=O) groups is 3. The molecule has 1 atom stereocenters. The fourth-order valence-electron chi connectivity index (χ4n) is 2.25. The zero-order chi connectivity index (χ0) is 20.2. The van der Waals surface area contributed by atoms with Gasteiger partial charge in [0.15, 0.2) is 0 Å². The Balaban J connectivity index is 0. The number of rotatable bonds is 16. The SMILES string of the molecule is NCCCC[C@H](N)C(=O)O.O=C(O)CCCCCCCCCCC(=O)O. The first-order valence-electron chi connectivity index (χ1n) is 9.43. The highest BCUT2D eigenvalue weighted by Crippen LogP contribution is 2.10. The van der Waals surface area contributed by atoms with Crippen LogP contribution in [0.3, 0.4) is 0 Å². The number of aliphatic carboxylic acids is 3. The number of carboxylic acid groups (broad SMARTS) is 3. The van der Waals surface area contributed by atoms with Crippen LogP contribution in [0.1, 0.15) is 83.5 Å². The Bertz CT molecular complexity index is 355. The molecule has 0 rings (SSSR count). The highest BCUT2D eigenvalue weighted by atomic mass is 16.4. The van der Waals surface area contributed by atoms with Crippen molar-refractivity contribution in [2.75, 3.05) is 6.54 Å². The van der Waals surface area contributed by atoms with E-state index in [1.54, 1.807) is 0 Å². The first-order chi connectivity index (χ1) is 12.3. The molecule has 7 N–H and O–H groups in total. The van der Waals surface area contributed by atoms with E-state index in [2.05, 4.69) is 0 Å². The van der Waals surface area contributed by atoms with Crippen LogP contribution in [-0.4, -0.2) is 45.8 Å². The molecule has 0 aromatic carbocycles. The van der Waals surface area contributed by atoms with Crippen LogP contribution < -0.4 is 11.5 Å². The summed E-state index contributed by atoms with van der Waals surface area (Å²) in [7, 11) is 0. The van der Waals surface area contributed by atoms with Gasteiger partial charge >= 0.3 is 17.9 Å². The van der Waals surface area contributed by atoms with E-state index in [9.17, 15) is 14.4 Å². The molecule has 0 aliphatic heterocycles. The van der Waals surface area contributed by atoms with Crippen molar-refractivity contribution in [2.45, 2.75) is 89.5 Å². The molecule has 26 heavy (non-hydrogen) atoms. The number of unbranched alkanes of at least 4 members (excludes halogenated alkanes) is 8. The van der Waals surface area contributed by atoms with Crippen LogP contribution in [0.5, 0.6) is 0 Å². The van der Waals surface area contributed by atoms with Gasteiger partial charge < -0.3 is 26.8 Å². The molecular weight excluding hydrogens is 340 g/mol. The Kier molecular flexibility index (Phi) is 20.1. The maximum Gasteiger partial charge on any atom is 0.320 e. The van der Waals surface area contributed by atoms with E-state index in [1.807, 2.05) is 0 Å². The zero-order valence-corrected chi connectivity index (χ0v) is 15.7. The molecule has 0 aromatic rings. The van der Waals surface area contributed by atoms with Gasteiger partial charge in [-0.1, -0.05) is 44.9 Å². The van der Waals surface area contributed by atoms with Crippen LogP contribution in [0.4, 0.5) is 0 Å². The predicted octanol–water partition coefficient (Wildman–Crippen LogP) is 2.58. The van der Waals surface area contributed by atoms with E-state index in [0.29, 0.717) is 13.0 Å². The quantitative estimate of drug-likeness (QED) is 0.256. The van der Waals surface area contributed by atoms with E-state index in [-0.39, 0.29) is 12.8 Å². The Morgan fingerprint density at radius 1 is 0.654 bits per heavy atom.